The molecule has 4 nitrogen and oxygen atoms in total. The van der Waals surface area contributed by atoms with Crippen LogP contribution >= 0.6 is 11.6 Å². The van der Waals surface area contributed by atoms with E-state index in [1.165, 1.54) is 10.4 Å². The van der Waals surface area contributed by atoms with Gasteiger partial charge in [0.05, 0.1) is 5.69 Å². The highest BCUT2D eigenvalue weighted by atomic mass is 35.5. The summed E-state index contributed by atoms with van der Waals surface area (Å²) in [5, 5.41) is 0.0951. The minimum absolute atomic E-state index is 0.0951. The van der Waals surface area contributed by atoms with Crippen molar-refractivity contribution in [3.63, 3.8) is 0 Å². The van der Waals surface area contributed by atoms with Crippen molar-refractivity contribution in [1.82, 2.24) is 4.31 Å². The van der Waals surface area contributed by atoms with Gasteiger partial charge in [0.2, 0.25) is 10.0 Å². The number of benzene rings is 1. The van der Waals surface area contributed by atoms with Gasteiger partial charge in [-0.25, -0.2) is 12.8 Å². The molecule has 1 aromatic rings. The first-order chi connectivity index (χ1) is 8.71. The Morgan fingerprint density at radius 3 is 2.47 bits per heavy atom. The van der Waals surface area contributed by atoms with Crippen molar-refractivity contribution >= 4 is 27.3 Å². The maximum atomic E-state index is 14.0. The van der Waals surface area contributed by atoms with Crippen LogP contribution in [0.1, 0.15) is 27.2 Å². The first kappa shape index (κ1) is 16.2. The fourth-order valence-electron chi connectivity index (χ4n) is 1.77. The Kier molecular flexibility index (Phi) is 5.18. The van der Waals surface area contributed by atoms with Gasteiger partial charge in [-0.3, -0.25) is 0 Å². The van der Waals surface area contributed by atoms with Crippen LogP contribution in [0.2, 0.25) is 5.02 Å². The van der Waals surface area contributed by atoms with Gasteiger partial charge in [-0.2, -0.15) is 4.31 Å². The van der Waals surface area contributed by atoms with Crippen LogP contribution in [-0.2, 0) is 10.0 Å². The predicted molar refractivity (Wildman–Crippen MR) is 75.1 cm³/mol. The van der Waals surface area contributed by atoms with E-state index in [9.17, 15) is 12.8 Å². The van der Waals surface area contributed by atoms with Crippen LogP contribution in [0.25, 0.3) is 0 Å². The second-order valence-electron chi connectivity index (χ2n) is 4.52. The number of anilines is 1. The van der Waals surface area contributed by atoms with E-state index in [1.807, 2.05) is 6.92 Å². The second-order valence-corrected chi connectivity index (χ2v) is 6.81. The van der Waals surface area contributed by atoms with Crippen LogP contribution in [-0.4, -0.2) is 25.3 Å². The summed E-state index contributed by atoms with van der Waals surface area (Å²) in [6.07, 6.45) is 0.634. The number of hydrogen-bond acceptors (Lipinski definition) is 3. The average Bonchev–Trinajstić information content (AvgIpc) is 2.29. The molecule has 0 atom stereocenters. The van der Waals surface area contributed by atoms with Gasteiger partial charge in [0.15, 0.2) is 5.82 Å². The van der Waals surface area contributed by atoms with E-state index in [0.29, 0.717) is 13.0 Å². The number of nitrogen functional groups attached to an aromatic ring is 1. The molecule has 0 aromatic heterocycles. The van der Waals surface area contributed by atoms with Crippen molar-refractivity contribution in [3.05, 3.63) is 23.0 Å². The summed E-state index contributed by atoms with van der Waals surface area (Å²) in [7, 11) is -3.94. The smallest absolute Gasteiger partial charge is 0.246 e. The third kappa shape index (κ3) is 3.38. The van der Waals surface area contributed by atoms with Gasteiger partial charge in [-0.15, -0.1) is 0 Å². The van der Waals surface area contributed by atoms with Crippen LogP contribution in [0.15, 0.2) is 17.0 Å². The first-order valence-electron chi connectivity index (χ1n) is 5.98. The molecule has 0 radical (unpaired) electrons. The molecule has 19 heavy (non-hydrogen) atoms. The van der Waals surface area contributed by atoms with Gasteiger partial charge in [-0.1, -0.05) is 18.5 Å². The Bertz CT molecular complexity index is 561. The highest BCUT2D eigenvalue weighted by molar-refractivity contribution is 7.89. The molecule has 0 saturated carbocycles. The largest absolute Gasteiger partial charge is 0.396 e. The van der Waals surface area contributed by atoms with E-state index in [2.05, 4.69) is 0 Å². The molecule has 1 rings (SSSR count). The first-order valence-corrected chi connectivity index (χ1v) is 7.80. The number of halogens is 2. The summed E-state index contributed by atoms with van der Waals surface area (Å²) in [5.41, 5.74) is 5.15. The number of nitrogens with zero attached hydrogens (tertiary/aromatic N) is 1. The molecule has 108 valence electrons. The fourth-order valence-corrected chi connectivity index (χ4v) is 3.92. The van der Waals surface area contributed by atoms with Crippen LogP contribution in [0.3, 0.4) is 0 Å². The number of rotatable bonds is 5. The van der Waals surface area contributed by atoms with Crippen LogP contribution in [0.4, 0.5) is 10.1 Å². The molecule has 0 heterocycles. The van der Waals surface area contributed by atoms with Crippen molar-refractivity contribution in [1.29, 1.82) is 0 Å². The zero-order valence-electron chi connectivity index (χ0n) is 11.2. The summed E-state index contributed by atoms with van der Waals surface area (Å²) in [5.74, 6) is -0.953. The molecule has 0 bridgehead atoms. The molecule has 0 spiro atoms. The van der Waals surface area contributed by atoms with Gasteiger partial charge in [0, 0.05) is 17.6 Å². The minimum atomic E-state index is -3.94. The second kappa shape index (κ2) is 6.07. The van der Waals surface area contributed by atoms with Gasteiger partial charge >= 0.3 is 0 Å². The lowest BCUT2D eigenvalue weighted by atomic mass is 10.3. The fraction of sp³-hybridized carbons (Fsp3) is 0.500. The quantitative estimate of drug-likeness (QED) is 0.851. The third-order valence-electron chi connectivity index (χ3n) is 2.64. The van der Waals surface area contributed by atoms with Crippen molar-refractivity contribution in [2.24, 2.45) is 0 Å². The number of sulfonamides is 1. The van der Waals surface area contributed by atoms with Crippen molar-refractivity contribution in [3.8, 4) is 0 Å². The lowest BCUT2D eigenvalue weighted by Crippen LogP contribution is -2.38. The van der Waals surface area contributed by atoms with E-state index in [4.69, 9.17) is 17.3 Å². The monoisotopic (exact) mass is 308 g/mol. The lowest BCUT2D eigenvalue weighted by Gasteiger charge is -2.25. The average molecular weight is 309 g/mol. The lowest BCUT2D eigenvalue weighted by molar-refractivity contribution is 0.352. The molecule has 0 aliphatic rings. The summed E-state index contributed by atoms with van der Waals surface area (Å²) in [6, 6.07) is 2.01. The van der Waals surface area contributed by atoms with Crippen molar-refractivity contribution in [2.45, 2.75) is 38.1 Å². The van der Waals surface area contributed by atoms with Gasteiger partial charge in [0.1, 0.15) is 4.90 Å². The molecule has 2 N–H and O–H groups in total. The molecule has 0 unspecified atom stereocenters. The SMILES string of the molecule is CCCN(C(C)C)S(=O)(=O)c1cc(Cl)cc(N)c1F. The van der Waals surface area contributed by atoms with E-state index >= 15 is 0 Å². The number of hydrogen-bond donors (Lipinski definition) is 1. The van der Waals surface area contributed by atoms with Gasteiger partial charge in [-0.05, 0) is 32.4 Å². The van der Waals surface area contributed by atoms with Gasteiger partial charge < -0.3 is 5.73 Å². The Morgan fingerprint density at radius 2 is 2.00 bits per heavy atom. The van der Waals surface area contributed by atoms with Crippen LogP contribution < -0.4 is 5.73 Å². The predicted octanol–water partition coefficient (Wildman–Crippen LogP) is 2.87. The van der Waals surface area contributed by atoms with E-state index in [-0.39, 0.29) is 16.8 Å². The van der Waals surface area contributed by atoms with E-state index in [0.717, 1.165) is 6.07 Å². The molecule has 7 heteroatoms. The van der Waals surface area contributed by atoms with Crippen LogP contribution in [0, 0.1) is 5.82 Å². The molecular weight excluding hydrogens is 291 g/mol. The molecule has 0 saturated heterocycles. The zero-order valence-corrected chi connectivity index (χ0v) is 12.7. The Labute approximate surface area is 118 Å². The Balaban J connectivity index is 3.41. The van der Waals surface area contributed by atoms with Crippen molar-refractivity contribution in [2.75, 3.05) is 12.3 Å². The molecular formula is C12H18ClFN2O2S. The number of nitrogens with two attached hydrogens (primary N) is 1. The highest BCUT2D eigenvalue weighted by Gasteiger charge is 2.30. The van der Waals surface area contributed by atoms with Crippen LogP contribution in [0.5, 0.6) is 0 Å². The molecule has 0 aliphatic heterocycles. The highest BCUT2D eigenvalue weighted by Crippen LogP contribution is 2.28. The summed E-state index contributed by atoms with van der Waals surface area (Å²) >= 11 is 5.76. The normalized spacial score (nSPS) is 12.4. The molecule has 0 fully saturated rings. The molecule has 1 aromatic carbocycles. The maximum Gasteiger partial charge on any atom is 0.246 e. The van der Waals surface area contributed by atoms with E-state index in [1.54, 1.807) is 13.8 Å². The topological polar surface area (TPSA) is 63.4 Å². The van der Waals surface area contributed by atoms with Crippen molar-refractivity contribution < 1.29 is 12.8 Å². The molecule has 0 aliphatic carbocycles. The van der Waals surface area contributed by atoms with Gasteiger partial charge in [0.25, 0.3) is 0 Å². The minimum Gasteiger partial charge on any atom is -0.396 e. The van der Waals surface area contributed by atoms with E-state index < -0.39 is 20.7 Å². The Morgan fingerprint density at radius 1 is 1.42 bits per heavy atom. The zero-order chi connectivity index (χ0) is 14.8. The third-order valence-corrected chi connectivity index (χ3v) is 4.93. The molecule has 0 amide bonds. The summed E-state index contributed by atoms with van der Waals surface area (Å²) < 4.78 is 40.1. The standard InChI is InChI=1S/C12H18ClFN2O2S/c1-4-5-16(8(2)3)19(17,18)11-7-9(13)6-10(15)12(11)14/h6-8H,4-5,15H2,1-3H3. The summed E-state index contributed by atoms with van der Waals surface area (Å²) in [4.78, 5) is -0.473. The summed E-state index contributed by atoms with van der Waals surface area (Å²) in [6.45, 7) is 5.64. The maximum absolute atomic E-state index is 14.0. The Hall–Kier alpha value is -0.850.